The predicted octanol–water partition coefficient (Wildman–Crippen LogP) is 31.5. The summed E-state index contributed by atoms with van der Waals surface area (Å²) in [6.45, 7) is 0. The smallest absolute Gasteiger partial charge is 0.165 e. The van der Waals surface area contributed by atoms with Gasteiger partial charge in [0.2, 0.25) is 0 Å². The molecule has 0 saturated carbocycles. The molecular weight excluding hydrogens is 1570 g/mol. The zero-order chi connectivity index (χ0) is 82.6. The lowest BCUT2D eigenvalue weighted by atomic mass is 9.91. The normalized spacial score (nSPS) is 12.4. The second-order valence-electron chi connectivity index (χ2n) is 32.2. The van der Waals surface area contributed by atoms with E-state index in [0.29, 0.717) is 0 Å². The quantitative estimate of drug-likeness (QED) is 0.155. The summed E-state index contributed by atoms with van der Waals surface area (Å²) < 4.78 is 7.43. The Bertz CT molecular complexity index is 8860. The molecule has 19 aromatic carbocycles. The minimum absolute atomic E-state index is 0.817. The Morgan fingerprint density at radius 3 is 1.06 bits per heavy atom. The largest absolute Gasteiger partial charge is 0.309 e. The molecule has 0 radical (unpaired) electrons. The summed E-state index contributed by atoms with van der Waals surface area (Å²) in [6.07, 6.45) is 0. The van der Waals surface area contributed by atoms with Crippen LogP contribution in [0.2, 0.25) is 0 Å². The fourth-order valence-electron chi connectivity index (χ4n) is 19.8. The lowest BCUT2D eigenvalue weighted by molar-refractivity contribution is 1.17. The van der Waals surface area contributed by atoms with Crippen molar-refractivity contribution in [2.45, 2.75) is 0 Å². The number of benzene rings is 19. The van der Waals surface area contributed by atoms with Crippen molar-refractivity contribution in [3.8, 4) is 72.8 Å². The third-order valence-corrected chi connectivity index (χ3v) is 27.6. The molecule has 586 valence electrons. The number of hydrogen-bond acceptors (Lipinski definition) is 11. The molecule has 3 aliphatic rings. The highest BCUT2D eigenvalue weighted by atomic mass is 32.1. The van der Waals surface area contributed by atoms with Crippen molar-refractivity contribution in [2.75, 3.05) is 14.7 Å². The second kappa shape index (κ2) is 28.6. The molecule has 0 unspecified atom stereocenters. The van der Waals surface area contributed by atoms with Gasteiger partial charge < -0.3 is 4.57 Å². The van der Waals surface area contributed by atoms with E-state index >= 15 is 0 Å². The molecule has 0 fully saturated rings. The molecule has 126 heavy (non-hydrogen) atoms. The van der Waals surface area contributed by atoms with Crippen LogP contribution in [-0.2, 0) is 0 Å². The van der Waals surface area contributed by atoms with Gasteiger partial charge in [-0.3, -0.25) is 14.7 Å². The van der Waals surface area contributed by atoms with Crippen LogP contribution in [-0.4, -0.2) is 34.5 Å². The maximum absolute atomic E-state index is 5.44. The molecule has 12 heteroatoms. The van der Waals surface area contributed by atoms with E-state index in [1.807, 2.05) is 65.1 Å². The van der Waals surface area contributed by atoms with E-state index in [4.69, 9.17) is 29.9 Å². The fourth-order valence-corrected chi connectivity index (χ4v) is 22.2. The Kier molecular flexibility index (Phi) is 16.2. The number of thiophene rings is 2. The number of fused-ring (bicyclic) bond motifs is 18. The number of nitrogens with zero attached hydrogens (tertiary/aromatic N) is 10. The van der Waals surface area contributed by atoms with Gasteiger partial charge in [-0.2, -0.15) is 0 Å². The van der Waals surface area contributed by atoms with Crippen LogP contribution in [0.25, 0.3) is 200 Å². The number of rotatable bonds is 7. The van der Waals surface area contributed by atoms with Crippen LogP contribution in [0.3, 0.4) is 0 Å². The molecule has 25 aromatic rings. The van der Waals surface area contributed by atoms with Gasteiger partial charge >= 0.3 is 0 Å². The number of aromatic nitrogens is 7. The van der Waals surface area contributed by atoms with Crippen molar-refractivity contribution >= 4 is 202 Å². The highest BCUT2D eigenvalue weighted by Crippen LogP contribution is 2.58. The fraction of sp³-hybridized carbons (Fsp3) is 0. The standard InChI is InChI=1S/C42H26N4.2C36H21N3S/c1-2-15-28(16-3-1)45-36-24-9-5-18-31(36)40-32(20-12-26-38(40)45)41-42(44-34-22-7-6-21-33(34)43-41)46-35-23-8-4-17-29(35)30-19-10-13-27-14-11-25-37(46)39(27)30;1-5-19-30-23(12-1)25-14-7-10-22-11-8-20-31(33(22)25)39(30)36-34(37-28-17-3-4-18-29(28)38-36)27-16-9-15-26-24-13-2-6-21-32(24)40-35(26)27;1-5-16-30-24(11-1)27-13-7-9-22-10-8-17-31(34(22)27)39(30)36-35(37-28-14-3-4-15-29(28)38-36)23-19-20-26-25-12-2-6-18-32(25)40-33(26)21-23/h1-26H;2*1-21H. The molecular formula is C114H68N10S2. The number of hydrogen-bond donors (Lipinski definition) is 0. The average Bonchev–Trinajstić information content (AvgIpc) is 0.763. The van der Waals surface area contributed by atoms with Gasteiger partial charge in [-0.25, -0.2) is 29.9 Å². The Morgan fingerprint density at radius 1 is 0.198 bits per heavy atom. The van der Waals surface area contributed by atoms with Gasteiger partial charge in [-0.1, -0.05) is 297 Å². The first-order chi connectivity index (χ1) is 62.5. The van der Waals surface area contributed by atoms with Crippen LogP contribution in [0.1, 0.15) is 0 Å². The Hall–Kier alpha value is -16.4. The van der Waals surface area contributed by atoms with E-state index in [2.05, 4.69) is 389 Å². The van der Waals surface area contributed by atoms with Crippen molar-refractivity contribution in [3.63, 3.8) is 0 Å². The van der Waals surface area contributed by atoms with Crippen molar-refractivity contribution in [2.24, 2.45) is 0 Å². The molecule has 0 saturated heterocycles. The van der Waals surface area contributed by atoms with Crippen molar-refractivity contribution in [1.82, 2.24) is 34.5 Å². The first kappa shape index (κ1) is 71.4. The van der Waals surface area contributed by atoms with Gasteiger partial charge in [0.25, 0.3) is 0 Å². The van der Waals surface area contributed by atoms with Crippen LogP contribution in [0.15, 0.2) is 413 Å². The average molecular weight is 1640 g/mol. The summed E-state index contributed by atoms with van der Waals surface area (Å²) in [6, 6.07) is 146. The Morgan fingerprint density at radius 2 is 0.540 bits per heavy atom. The summed E-state index contributed by atoms with van der Waals surface area (Å²) in [7, 11) is 0. The summed E-state index contributed by atoms with van der Waals surface area (Å²) >= 11 is 3.65. The SMILES string of the molecule is c1ccc(-n2c3ccccc3c3c(-c4nc5ccccc5nc4N4c5ccccc5-c5cccc6cccc4c56)cccc32)cc1.c1ccc2c(c1)-c1cccc3cccc(c13)N2c1nc2ccccc2nc1-c1ccc2c(c1)sc1ccccc12.c1ccc2c(c1)-c1cccc3cccc(c13)N2c1nc2ccccc2nc1-c1cccc2c1sc1ccccc12. The van der Waals surface area contributed by atoms with Crippen LogP contribution in [0.4, 0.5) is 51.6 Å². The van der Waals surface area contributed by atoms with E-state index in [1.54, 1.807) is 0 Å². The van der Waals surface area contributed by atoms with Crippen LogP contribution in [0, 0.1) is 0 Å². The van der Waals surface area contributed by atoms with E-state index < -0.39 is 0 Å². The monoisotopic (exact) mass is 1640 g/mol. The Labute approximate surface area is 731 Å². The van der Waals surface area contributed by atoms with E-state index in [0.717, 1.165) is 141 Å². The van der Waals surface area contributed by atoms with Gasteiger partial charge in [-0.05, 0) is 148 Å². The molecule has 0 aliphatic carbocycles. The molecule has 10 nitrogen and oxygen atoms in total. The van der Waals surface area contributed by atoms with Gasteiger partial charge in [0.05, 0.1) is 78.3 Å². The highest BCUT2D eigenvalue weighted by molar-refractivity contribution is 7.26. The van der Waals surface area contributed by atoms with Gasteiger partial charge in [0, 0.05) is 106 Å². The third-order valence-electron chi connectivity index (χ3n) is 25.2. The van der Waals surface area contributed by atoms with E-state index in [9.17, 15) is 0 Å². The van der Waals surface area contributed by atoms with E-state index in [1.165, 1.54) is 111 Å². The van der Waals surface area contributed by atoms with Gasteiger partial charge in [0.15, 0.2) is 17.5 Å². The Balaban J connectivity index is 0.000000101. The van der Waals surface area contributed by atoms with E-state index in [-0.39, 0.29) is 0 Å². The lowest BCUT2D eigenvalue weighted by Gasteiger charge is -2.33. The minimum Gasteiger partial charge on any atom is -0.309 e. The zero-order valence-corrected chi connectivity index (χ0v) is 69.2. The van der Waals surface area contributed by atoms with Crippen LogP contribution >= 0.6 is 22.7 Å². The predicted molar refractivity (Wildman–Crippen MR) is 529 cm³/mol. The summed E-state index contributed by atoms with van der Waals surface area (Å²) in [4.78, 5) is 39.1. The summed E-state index contributed by atoms with van der Waals surface area (Å²) in [5.41, 5.74) is 28.6. The summed E-state index contributed by atoms with van der Waals surface area (Å²) in [5, 5.41) is 14.8. The maximum Gasteiger partial charge on any atom is 0.165 e. The second-order valence-corrected chi connectivity index (χ2v) is 34.4. The molecule has 6 aromatic heterocycles. The third kappa shape index (κ3) is 11.1. The molecule has 9 heterocycles. The zero-order valence-electron chi connectivity index (χ0n) is 67.5. The molecule has 0 spiro atoms. The van der Waals surface area contributed by atoms with Crippen molar-refractivity contribution < 1.29 is 0 Å². The number of para-hydroxylation sites is 11. The van der Waals surface area contributed by atoms with Crippen molar-refractivity contribution in [3.05, 3.63) is 413 Å². The first-order valence-electron chi connectivity index (χ1n) is 42.5. The lowest BCUT2D eigenvalue weighted by Crippen LogP contribution is -2.18. The topological polar surface area (TPSA) is 92.0 Å². The van der Waals surface area contributed by atoms with Gasteiger partial charge in [0.1, 0.15) is 17.1 Å². The summed E-state index contributed by atoms with van der Waals surface area (Å²) in [5.74, 6) is 2.50. The number of anilines is 9. The van der Waals surface area contributed by atoms with Crippen LogP contribution < -0.4 is 14.7 Å². The molecule has 0 atom stereocenters. The molecule has 0 bridgehead atoms. The van der Waals surface area contributed by atoms with Crippen LogP contribution in [0.5, 0.6) is 0 Å². The molecule has 0 N–H and O–H groups in total. The van der Waals surface area contributed by atoms with Crippen molar-refractivity contribution in [1.29, 1.82) is 0 Å². The highest BCUT2D eigenvalue weighted by Gasteiger charge is 2.35. The first-order valence-corrected chi connectivity index (χ1v) is 44.1. The minimum atomic E-state index is 0.817. The van der Waals surface area contributed by atoms with Gasteiger partial charge in [-0.15, -0.1) is 22.7 Å². The molecule has 0 amide bonds. The molecule has 28 rings (SSSR count). The molecule has 3 aliphatic heterocycles. The maximum atomic E-state index is 5.44.